The molecule has 0 heterocycles. The smallest absolute Gasteiger partial charge is 0.191 e. The summed E-state index contributed by atoms with van der Waals surface area (Å²) in [7, 11) is 2.00. The lowest BCUT2D eigenvalue weighted by atomic mass is 9.69. The minimum Gasteiger partial charge on any atom is -0.493 e. The summed E-state index contributed by atoms with van der Waals surface area (Å²) in [5.41, 5.74) is 1.21. The lowest BCUT2D eigenvalue weighted by molar-refractivity contribution is 0.288. The van der Waals surface area contributed by atoms with Gasteiger partial charge in [-0.1, -0.05) is 32.3 Å². The second-order valence-electron chi connectivity index (χ2n) is 7.50. The largest absolute Gasteiger partial charge is 0.493 e. The number of methoxy groups -OCH3 is 2. The predicted molar refractivity (Wildman–Crippen MR) is 118 cm³/mol. The van der Waals surface area contributed by atoms with Crippen molar-refractivity contribution in [3.63, 3.8) is 0 Å². The summed E-state index contributed by atoms with van der Waals surface area (Å²) in [5.74, 6) is 2.35. The van der Waals surface area contributed by atoms with E-state index in [1.165, 1.54) is 24.8 Å². The van der Waals surface area contributed by atoms with Crippen LogP contribution in [0.4, 0.5) is 0 Å². The Kier molecular flexibility index (Phi) is 8.61. The number of aliphatic imine (C=N–C) groups is 1. The summed E-state index contributed by atoms with van der Waals surface area (Å²) >= 11 is 0. The summed E-state index contributed by atoms with van der Waals surface area (Å²) in [4.78, 5) is 4.26. The van der Waals surface area contributed by atoms with E-state index in [-0.39, 0.29) is 16.9 Å². The Labute approximate surface area is 175 Å². The van der Waals surface area contributed by atoms with Crippen molar-refractivity contribution in [3.05, 3.63) is 23.8 Å². The zero-order valence-electron chi connectivity index (χ0n) is 18.1. The van der Waals surface area contributed by atoms with Gasteiger partial charge in [0.15, 0.2) is 27.3 Å². The van der Waals surface area contributed by atoms with Gasteiger partial charge in [0, 0.05) is 31.3 Å². The van der Waals surface area contributed by atoms with Gasteiger partial charge in [-0.25, -0.2) is 8.42 Å². The van der Waals surface area contributed by atoms with E-state index in [2.05, 4.69) is 27.8 Å². The molecule has 1 saturated carbocycles. The maximum atomic E-state index is 11.7. The van der Waals surface area contributed by atoms with Crippen LogP contribution in [0.3, 0.4) is 0 Å². The Morgan fingerprint density at radius 2 is 1.79 bits per heavy atom. The van der Waals surface area contributed by atoms with Crippen molar-refractivity contribution in [2.75, 3.05) is 45.9 Å². The van der Waals surface area contributed by atoms with Crippen molar-refractivity contribution >= 4 is 15.8 Å². The fourth-order valence-electron chi connectivity index (χ4n) is 3.90. The molecule has 1 aromatic carbocycles. The number of guanidine groups is 1. The molecule has 7 nitrogen and oxygen atoms in total. The van der Waals surface area contributed by atoms with E-state index in [4.69, 9.17) is 9.47 Å². The van der Waals surface area contributed by atoms with Gasteiger partial charge in [-0.2, -0.15) is 0 Å². The van der Waals surface area contributed by atoms with E-state index in [1.54, 1.807) is 28.2 Å². The Balaban J connectivity index is 2.12. The predicted octanol–water partition coefficient (Wildman–Crippen LogP) is 2.51. The first-order valence-corrected chi connectivity index (χ1v) is 12.1. The molecule has 29 heavy (non-hydrogen) atoms. The van der Waals surface area contributed by atoms with E-state index in [9.17, 15) is 8.42 Å². The van der Waals surface area contributed by atoms with E-state index in [0.717, 1.165) is 30.9 Å². The molecule has 1 aliphatic rings. The molecule has 0 aromatic heterocycles. The number of hydrogen-bond acceptors (Lipinski definition) is 5. The van der Waals surface area contributed by atoms with Gasteiger partial charge >= 0.3 is 0 Å². The Morgan fingerprint density at radius 3 is 2.38 bits per heavy atom. The second-order valence-corrected chi connectivity index (χ2v) is 9.97. The van der Waals surface area contributed by atoms with Crippen molar-refractivity contribution in [1.82, 2.24) is 10.6 Å². The van der Waals surface area contributed by atoms with Gasteiger partial charge in [-0.15, -0.1) is 0 Å². The van der Waals surface area contributed by atoms with Crippen molar-refractivity contribution in [2.45, 2.75) is 44.4 Å². The molecule has 0 saturated heterocycles. The quantitative estimate of drug-likeness (QED) is 0.467. The fourth-order valence-corrected chi connectivity index (χ4v) is 4.61. The minimum absolute atomic E-state index is 0.0229. The normalized spacial score (nSPS) is 16.9. The van der Waals surface area contributed by atoms with Crippen LogP contribution in [0.5, 0.6) is 11.5 Å². The van der Waals surface area contributed by atoms with Crippen molar-refractivity contribution < 1.29 is 17.9 Å². The van der Waals surface area contributed by atoms with Crippen molar-refractivity contribution in [3.8, 4) is 11.5 Å². The van der Waals surface area contributed by atoms with Crippen LogP contribution in [0, 0.1) is 0 Å². The lowest BCUT2D eigenvalue weighted by Crippen LogP contribution is -2.47. The molecule has 1 aromatic rings. The maximum absolute atomic E-state index is 11.7. The van der Waals surface area contributed by atoms with Crippen LogP contribution < -0.4 is 20.1 Å². The number of nitrogens with one attached hydrogen (secondary N) is 2. The molecule has 2 N–H and O–H groups in total. The maximum Gasteiger partial charge on any atom is 0.191 e. The topological polar surface area (TPSA) is 89.0 Å². The molecule has 0 unspecified atom stereocenters. The van der Waals surface area contributed by atoms with Crippen LogP contribution in [0.1, 0.15) is 44.6 Å². The van der Waals surface area contributed by atoms with Gasteiger partial charge in [0.1, 0.15) is 0 Å². The zero-order valence-corrected chi connectivity index (χ0v) is 18.9. The highest BCUT2D eigenvalue weighted by atomic mass is 32.2. The third kappa shape index (κ3) is 6.26. The molecule has 0 spiro atoms. The first-order valence-electron chi connectivity index (χ1n) is 10.3. The van der Waals surface area contributed by atoms with Crippen LogP contribution in [-0.2, 0) is 15.3 Å². The number of hydrogen-bond donors (Lipinski definition) is 2. The Hall–Kier alpha value is -1.96. The van der Waals surface area contributed by atoms with Gasteiger partial charge < -0.3 is 20.1 Å². The van der Waals surface area contributed by atoms with E-state index < -0.39 is 9.84 Å². The first kappa shape index (κ1) is 23.3. The summed E-state index contributed by atoms with van der Waals surface area (Å²) < 4.78 is 34.3. The van der Waals surface area contributed by atoms with Crippen LogP contribution in [0.2, 0.25) is 0 Å². The number of ether oxygens (including phenoxy) is 2. The molecule has 0 amide bonds. The molecular formula is C21H35N3O4S. The number of sulfone groups is 1. The van der Waals surface area contributed by atoms with Crippen molar-refractivity contribution in [1.29, 1.82) is 0 Å². The van der Waals surface area contributed by atoms with Crippen molar-refractivity contribution in [2.24, 2.45) is 4.99 Å². The van der Waals surface area contributed by atoms with Crippen LogP contribution in [0.25, 0.3) is 0 Å². The van der Waals surface area contributed by atoms with Gasteiger partial charge in [-0.3, -0.25) is 4.99 Å². The highest BCUT2D eigenvalue weighted by molar-refractivity contribution is 7.91. The van der Waals surface area contributed by atoms with E-state index in [1.807, 2.05) is 6.07 Å². The standard InChI is InChI=1S/C21H35N3O4S/c1-5-29(25,26)14-13-23-20(22-2)24-16-21(11-7-6-8-12-21)17-9-10-18(27-3)19(15-17)28-4/h9-10,15H,5-8,11-14,16H2,1-4H3,(H2,22,23,24). The summed E-state index contributed by atoms with van der Waals surface area (Å²) in [5, 5.41) is 6.54. The Morgan fingerprint density at radius 1 is 1.10 bits per heavy atom. The minimum atomic E-state index is -3.00. The monoisotopic (exact) mass is 425 g/mol. The molecule has 0 radical (unpaired) electrons. The SMILES string of the molecule is CCS(=O)(=O)CCNC(=NC)NCC1(c2ccc(OC)c(OC)c2)CCCCC1. The van der Waals surface area contributed by atoms with Gasteiger partial charge in [0.2, 0.25) is 0 Å². The molecule has 0 aliphatic heterocycles. The molecule has 2 rings (SSSR count). The molecule has 0 atom stereocenters. The van der Waals surface area contributed by atoms with Crippen LogP contribution in [-0.4, -0.2) is 60.2 Å². The summed E-state index contributed by atoms with van der Waals surface area (Å²) in [6.45, 7) is 2.74. The number of benzene rings is 1. The van der Waals surface area contributed by atoms with Crippen LogP contribution in [0.15, 0.2) is 23.2 Å². The molecular weight excluding hydrogens is 390 g/mol. The third-order valence-electron chi connectivity index (χ3n) is 5.77. The van der Waals surface area contributed by atoms with E-state index >= 15 is 0 Å². The lowest BCUT2D eigenvalue weighted by Gasteiger charge is -2.38. The summed E-state index contributed by atoms with van der Waals surface area (Å²) in [6.07, 6.45) is 5.76. The molecule has 164 valence electrons. The summed E-state index contributed by atoms with van der Waals surface area (Å²) in [6, 6.07) is 6.17. The van der Waals surface area contributed by atoms with E-state index in [0.29, 0.717) is 12.5 Å². The molecule has 0 bridgehead atoms. The second kappa shape index (κ2) is 10.7. The average Bonchev–Trinajstić information content (AvgIpc) is 2.76. The highest BCUT2D eigenvalue weighted by Gasteiger charge is 2.34. The fraction of sp³-hybridized carbons (Fsp3) is 0.667. The van der Waals surface area contributed by atoms with Gasteiger partial charge in [0.05, 0.1) is 20.0 Å². The number of rotatable bonds is 9. The third-order valence-corrected chi connectivity index (χ3v) is 7.48. The van der Waals surface area contributed by atoms with Crippen LogP contribution >= 0.6 is 0 Å². The number of nitrogens with zero attached hydrogens (tertiary/aromatic N) is 1. The van der Waals surface area contributed by atoms with Gasteiger partial charge in [-0.05, 0) is 30.5 Å². The highest BCUT2D eigenvalue weighted by Crippen LogP contribution is 2.42. The van der Waals surface area contributed by atoms with Gasteiger partial charge in [0.25, 0.3) is 0 Å². The molecule has 1 fully saturated rings. The first-order chi connectivity index (χ1) is 13.9. The zero-order chi connectivity index (χ0) is 21.3. The molecule has 8 heteroatoms. The Bertz CT molecular complexity index is 787. The molecule has 1 aliphatic carbocycles. The average molecular weight is 426 g/mol.